The summed E-state index contributed by atoms with van der Waals surface area (Å²) >= 11 is 0. The van der Waals surface area contributed by atoms with E-state index < -0.39 is 12.0 Å². The maximum atomic E-state index is 11.9. The van der Waals surface area contributed by atoms with Crippen LogP contribution in [-0.4, -0.2) is 46.9 Å². The Kier molecular flexibility index (Phi) is 7.08. The number of benzene rings is 1. The van der Waals surface area contributed by atoms with E-state index in [1.165, 1.54) is 11.8 Å². The van der Waals surface area contributed by atoms with Crippen molar-refractivity contribution in [3.63, 3.8) is 0 Å². The summed E-state index contributed by atoms with van der Waals surface area (Å²) in [6, 6.07) is 9.24. The van der Waals surface area contributed by atoms with E-state index in [1.54, 1.807) is 6.92 Å². The first kappa shape index (κ1) is 17.7. The minimum absolute atomic E-state index is 0.0634. The molecule has 0 saturated heterocycles. The van der Waals surface area contributed by atoms with E-state index in [2.05, 4.69) is 5.32 Å². The number of carbonyl (C=O) groups is 3. The third-order valence-corrected chi connectivity index (χ3v) is 3.18. The number of carboxylic acids is 1. The summed E-state index contributed by atoms with van der Waals surface area (Å²) < 4.78 is 0. The van der Waals surface area contributed by atoms with E-state index in [9.17, 15) is 14.4 Å². The Bertz CT molecular complexity index is 516. The van der Waals surface area contributed by atoms with Gasteiger partial charge in [0.25, 0.3) is 0 Å². The molecule has 1 rings (SSSR count). The monoisotopic (exact) mass is 306 g/mol. The smallest absolute Gasteiger partial charge is 0.305 e. The van der Waals surface area contributed by atoms with Gasteiger partial charge in [0.05, 0.1) is 13.0 Å². The number of hydrogen-bond acceptors (Lipinski definition) is 3. The molecule has 1 unspecified atom stereocenters. The summed E-state index contributed by atoms with van der Waals surface area (Å²) in [5.41, 5.74) is 1.09. The molecule has 2 amide bonds. The van der Waals surface area contributed by atoms with Crippen molar-refractivity contribution in [1.29, 1.82) is 0 Å². The van der Waals surface area contributed by atoms with Crippen LogP contribution < -0.4 is 5.32 Å². The number of nitrogens with zero attached hydrogens (tertiary/aromatic N) is 1. The molecule has 0 aromatic heterocycles. The number of aliphatic carboxylic acids is 1. The van der Waals surface area contributed by atoms with Crippen molar-refractivity contribution in [2.24, 2.45) is 0 Å². The third-order valence-electron chi connectivity index (χ3n) is 3.18. The Morgan fingerprint density at radius 1 is 1.23 bits per heavy atom. The molecule has 0 aliphatic rings. The largest absolute Gasteiger partial charge is 0.481 e. The topological polar surface area (TPSA) is 86.7 Å². The molecule has 0 saturated carbocycles. The Hall–Kier alpha value is -2.37. The lowest BCUT2D eigenvalue weighted by atomic mass is 10.1. The van der Waals surface area contributed by atoms with E-state index in [-0.39, 0.29) is 24.8 Å². The van der Waals surface area contributed by atoms with Crippen LogP contribution in [0, 0.1) is 0 Å². The molecular formula is C16H22N2O4. The van der Waals surface area contributed by atoms with Crippen molar-refractivity contribution in [1.82, 2.24) is 10.2 Å². The highest BCUT2D eigenvalue weighted by atomic mass is 16.4. The second-order valence-electron chi connectivity index (χ2n) is 5.24. The average molecular weight is 306 g/mol. The lowest BCUT2D eigenvalue weighted by Gasteiger charge is -2.21. The summed E-state index contributed by atoms with van der Waals surface area (Å²) in [6.07, 6.45) is 0.522. The first-order chi connectivity index (χ1) is 10.4. The summed E-state index contributed by atoms with van der Waals surface area (Å²) in [6.45, 7) is 3.42. The van der Waals surface area contributed by atoms with Crippen LogP contribution >= 0.6 is 0 Å². The molecule has 0 spiro atoms. The van der Waals surface area contributed by atoms with Gasteiger partial charge >= 0.3 is 5.97 Å². The van der Waals surface area contributed by atoms with E-state index in [4.69, 9.17) is 5.11 Å². The van der Waals surface area contributed by atoms with Gasteiger partial charge in [-0.3, -0.25) is 14.4 Å². The van der Waals surface area contributed by atoms with Crippen molar-refractivity contribution in [2.45, 2.75) is 32.7 Å². The lowest BCUT2D eigenvalue weighted by Crippen LogP contribution is -2.44. The Balaban J connectivity index is 2.48. The molecule has 0 radical (unpaired) electrons. The molecule has 22 heavy (non-hydrogen) atoms. The van der Waals surface area contributed by atoms with Gasteiger partial charge in [-0.05, 0) is 18.9 Å². The minimum Gasteiger partial charge on any atom is -0.481 e. The SMILES string of the molecule is CC(=O)N(CCc1ccccc1)CC(=O)NC(C)CC(=O)O. The van der Waals surface area contributed by atoms with Gasteiger partial charge in [-0.15, -0.1) is 0 Å². The van der Waals surface area contributed by atoms with Crippen LogP contribution in [0.25, 0.3) is 0 Å². The van der Waals surface area contributed by atoms with Crippen molar-refractivity contribution >= 4 is 17.8 Å². The van der Waals surface area contributed by atoms with Crippen LogP contribution in [0.2, 0.25) is 0 Å². The van der Waals surface area contributed by atoms with Gasteiger partial charge < -0.3 is 15.3 Å². The molecule has 6 heteroatoms. The second kappa shape index (κ2) is 8.81. The average Bonchev–Trinajstić information content (AvgIpc) is 2.43. The normalized spacial score (nSPS) is 11.5. The summed E-state index contributed by atoms with van der Waals surface area (Å²) in [7, 11) is 0. The molecule has 0 heterocycles. The maximum absolute atomic E-state index is 11.9. The van der Waals surface area contributed by atoms with E-state index in [0.717, 1.165) is 5.56 Å². The molecule has 1 aromatic rings. The van der Waals surface area contributed by atoms with Gasteiger partial charge in [-0.25, -0.2) is 0 Å². The quantitative estimate of drug-likeness (QED) is 0.752. The molecule has 0 bridgehead atoms. The van der Waals surface area contributed by atoms with Crippen molar-refractivity contribution < 1.29 is 19.5 Å². The summed E-state index contributed by atoms with van der Waals surface area (Å²) in [5.74, 6) is -1.51. The summed E-state index contributed by atoms with van der Waals surface area (Å²) in [4.78, 5) is 35.5. The van der Waals surface area contributed by atoms with E-state index in [0.29, 0.717) is 13.0 Å². The van der Waals surface area contributed by atoms with Crippen LogP contribution in [0.4, 0.5) is 0 Å². The first-order valence-corrected chi connectivity index (χ1v) is 7.19. The van der Waals surface area contributed by atoms with Gasteiger partial charge in [0.15, 0.2) is 0 Å². The van der Waals surface area contributed by atoms with E-state index in [1.807, 2.05) is 30.3 Å². The first-order valence-electron chi connectivity index (χ1n) is 7.19. The predicted octanol–water partition coefficient (Wildman–Crippen LogP) is 1.06. The van der Waals surface area contributed by atoms with Crippen LogP contribution in [0.5, 0.6) is 0 Å². The summed E-state index contributed by atoms with van der Waals surface area (Å²) in [5, 5.41) is 11.2. The van der Waals surface area contributed by atoms with Crippen molar-refractivity contribution in [3.8, 4) is 0 Å². The van der Waals surface area contributed by atoms with Gasteiger partial charge in [-0.1, -0.05) is 30.3 Å². The minimum atomic E-state index is -0.972. The predicted molar refractivity (Wildman–Crippen MR) is 82.3 cm³/mol. The van der Waals surface area contributed by atoms with Gasteiger partial charge in [0.2, 0.25) is 11.8 Å². The zero-order valence-electron chi connectivity index (χ0n) is 12.9. The molecular weight excluding hydrogens is 284 g/mol. The van der Waals surface area contributed by atoms with Crippen LogP contribution in [0.1, 0.15) is 25.8 Å². The number of carboxylic acid groups (broad SMARTS) is 1. The van der Waals surface area contributed by atoms with Gasteiger partial charge in [0, 0.05) is 19.5 Å². The molecule has 2 N–H and O–H groups in total. The van der Waals surface area contributed by atoms with Crippen molar-refractivity contribution in [2.75, 3.05) is 13.1 Å². The zero-order chi connectivity index (χ0) is 16.5. The molecule has 0 fully saturated rings. The highest BCUT2D eigenvalue weighted by Crippen LogP contribution is 2.02. The fraction of sp³-hybridized carbons (Fsp3) is 0.438. The fourth-order valence-corrected chi connectivity index (χ4v) is 2.06. The number of amides is 2. The third kappa shape index (κ3) is 6.88. The maximum Gasteiger partial charge on any atom is 0.305 e. The number of rotatable bonds is 8. The lowest BCUT2D eigenvalue weighted by molar-refractivity contribution is -0.138. The number of carbonyl (C=O) groups excluding carboxylic acids is 2. The van der Waals surface area contributed by atoms with E-state index >= 15 is 0 Å². The number of hydrogen-bond donors (Lipinski definition) is 2. The molecule has 6 nitrogen and oxygen atoms in total. The molecule has 1 aromatic carbocycles. The number of nitrogens with one attached hydrogen (secondary N) is 1. The Morgan fingerprint density at radius 2 is 1.86 bits per heavy atom. The molecule has 1 atom stereocenters. The molecule has 120 valence electrons. The van der Waals surface area contributed by atoms with Crippen LogP contribution in [0.15, 0.2) is 30.3 Å². The van der Waals surface area contributed by atoms with Crippen LogP contribution in [-0.2, 0) is 20.8 Å². The molecule has 0 aliphatic heterocycles. The van der Waals surface area contributed by atoms with Crippen molar-refractivity contribution in [3.05, 3.63) is 35.9 Å². The standard InChI is InChI=1S/C16H22N2O4/c1-12(10-16(21)22)17-15(20)11-18(13(2)19)9-8-14-6-4-3-5-7-14/h3-7,12H,8-11H2,1-2H3,(H,17,20)(H,21,22). The fourth-order valence-electron chi connectivity index (χ4n) is 2.06. The highest BCUT2D eigenvalue weighted by molar-refractivity contribution is 5.84. The zero-order valence-corrected chi connectivity index (χ0v) is 12.9. The van der Waals surface area contributed by atoms with Gasteiger partial charge in [0.1, 0.15) is 0 Å². The Morgan fingerprint density at radius 3 is 2.41 bits per heavy atom. The van der Waals surface area contributed by atoms with Crippen LogP contribution in [0.3, 0.4) is 0 Å². The molecule has 0 aliphatic carbocycles. The highest BCUT2D eigenvalue weighted by Gasteiger charge is 2.16. The Labute approximate surface area is 130 Å². The second-order valence-corrected chi connectivity index (χ2v) is 5.24. The van der Waals surface area contributed by atoms with Gasteiger partial charge in [-0.2, -0.15) is 0 Å².